The van der Waals surface area contributed by atoms with Gasteiger partial charge in [-0.2, -0.15) is 0 Å². The molecule has 1 nitrogen and oxygen atoms in total. The van der Waals surface area contributed by atoms with Gasteiger partial charge in [-0.05, 0) is 50.2 Å². The van der Waals surface area contributed by atoms with Gasteiger partial charge in [-0.1, -0.05) is 32.1 Å². The standard InChI is InChI=1S/C15H26OSi/c1-10-8-13-14(15(13,3)4)9-12(10)11(2)16-17(5,6)7/h8,12-14H,2,9H2,1,3-7H3/t12-,13+,14-/m1/s1. The van der Waals surface area contributed by atoms with Gasteiger partial charge in [-0.3, -0.25) is 0 Å². The molecule has 0 aromatic heterocycles. The molecule has 0 radical (unpaired) electrons. The summed E-state index contributed by atoms with van der Waals surface area (Å²) in [6.45, 7) is 17.9. The molecule has 0 unspecified atom stereocenters. The molecule has 0 aliphatic heterocycles. The van der Waals surface area contributed by atoms with Crippen molar-refractivity contribution in [2.45, 2.75) is 46.8 Å². The smallest absolute Gasteiger partial charge is 0.241 e. The average Bonchev–Trinajstić information content (AvgIpc) is 2.64. The average molecular weight is 250 g/mol. The maximum Gasteiger partial charge on any atom is 0.241 e. The van der Waals surface area contributed by atoms with Crippen LogP contribution in [0.2, 0.25) is 19.6 Å². The molecule has 0 amide bonds. The molecule has 2 heteroatoms. The van der Waals surface area contributed by atoms with Gasteiger partial charge in [-0.15, -0.1) is 0 Å². The van der Waals surface area contributed by atoms with E-state index in [2.05, 4.69) is 53.1 Å². The highest BCUT2D eigenvalue weighted by atomic mass is 28.4. The minimum absolute atomic E-state index is 0.463. The van der Waals surface area contributed by atoms with E-state index < -0.39 is 8.32 Å². The highest BCUT2D eigenvalue weighted by molar-refractivity contribution is 6.70. The summed E-state index contributed by atoms with van der Waals surface area (Å²) in [5, 5.41) is 0. The minimum Gasteiger partial charge on any atom is -0.547 e. The first-order chi connectivity index (χ1) is 7.63. The Morgan fingerprint density at radius 2 is 2.00 bits per heavy atom. The van der Waals surface area contributed by atoms with Gasteiger partial charge in [-0.25, -0.2) is 0 Å². The van der Waals surface area contributed by atoms with Gasteiger partial charge < -0.3 is 4.43 Å². The van der Waals surface area contributed by atoms with Gasteiger partial charge in [0.15, 0.2) is 0 Å². The molecular weight excluding hydrogens is 224 g/mol. The normalized spacial score (nSPS) is 34.7. The zero-order chi connectivity index (χ0) is 13.0. The van der Waals surface area contributed by atoms with E-state index in [1.807, 2.05) is 0 Å². The van der Waals surface area contributed by atoms with Crippen LogP contribution in [0, 0.1) is 23.2 Å². The number of rotatable bonds is 3. The first kappa shape index (κ1) is 12.9. The summed E-state index contributed by atoms with van der Waals surface area (Å²) >= 11 is 0. The topological polar surface area (TPSA) is 9.23 Å². The molecule has 1 fully saturated rings. The van der Waals surface area contributed by atoms with Crippen molar-refractivity contribution in [2.75, 3.05) is 0 Å². The summed E-state index contributed by atoms with van der Waals surface area (Å²) in [4.78, 5) is 0. The Morgan fingerprint density at radius 3 is 2.53 bits per heavy atom. The Bertz CT molecular complexity index is 373. The fraction of sp³-hybridized carbons (Fsp3) is 0.733. The van der Waals surface area contributed by atoms with Crippen LogP contribution in [0.15, 0.2) is 24.0 Å². The molecule has 3 atom stereocenters. The summed E-state index contributed by atoms with van der Waals surface area (Å²) in [5.74, 6) is 3.13. The van der Waals surface area contributed by atoms with E-state index in [0.29, 0.717) is 11.3 Å². The van der Waals surface area contributed by atoms with Crippen LogP contribution < -0.4 is 0 Å². The van der Waals surface area contributed by atoms with Crippen molar-refractivity contribution < 1.29 is 4.43 Å². The lowest BCUT2D eigenvalue weighted by molar-refractivity contribution is 0.335. The van der Waals surface area contributed by atoms with Gasteiger partial charge in [0.25, 0.3) is 0 Å². The van der Waals surface area contributed by atoms with Crippen LogP contribution >= 0.6 is 0 Å². The highest BCUT2D eigenvalue weighted by Crippen LogP contribution is 2.65. The third-order valence-corrected chi connectivity index (χ3v) is 5.32. The lowest BCUT2D eigenvalue weighted by Crippen LogP contribution is -2.27. The van der Waals surface area contributed by atoms with Gasteiger partial charge in [0.2, 0.25) is 8.32 Å². The molecule has 0 N–H and O–H groups in total. The first-order valence-corrected chi connectivity index (χ1v) is 10.1. The van der Waals surface area contributed by atoms with Crippen molar-refractivity contribution in [3.05, 3.63) is 24.0 Å². The maximum absolute atomic E-state index is 6.09. The molecule has 0 saturated heterocycles. The van der Waals surface area contributed by atoms with Gasteiger partial charge in [0.1, 0.15) is 0 Å². The SMILES string of the molecule is C=C(O[Si](C)(C)C)[C@@H]1C[C@@H]2[C@H](C=C1C)C2(C)C. The zero-order valence-corrected chi connectivity index (χ0v) is 13.1. The molecule has 2 aliphatic carbocycles. The molecule has 96 valence electrons. The van der Waals surface area contributed by atoms with Crippen LogP contribution in [0.1, 0.15) is 27.2 Å². The Kier molecular flexibility index (Phi) is 2.85. The van der Waals surface area contributed by atoms with Crippen LogP contribution in [0.5, 0.6) is 0 Å². The Hall–Kier alpha value is -0.503. The van der Waals surface area contributed by atoms with Crippen molar-refractivity contribution in [3.63, 3.8) is 0 Å². The summed E-state index contributed by atoms with van der Waals surface area (Å²) in [7, 11) is -1.50. The van der Waals surface area contributed by atoms with Gasteiger partial charge in [0.05, 0.1) is 5.76 Å². The molecule has 2 aliphatic rings. The molecule has 0 spiro atoms. The van der Waals surface area contributed by atoms with Crippen LogP contribution in [-0.2, 0) is 4.43 Å². The minimum atomic E-state index is -1.50. The van der Waals surface area contributed by atoms with Gasteiger partial charge >= 0.3 is 0 Å². The van der Waals surface area contributed by atoms with E-state index in [-0.39, 0.29) is 0 Å². The molecule has 1 saturated carbocycles. The predicted molar refractivity (Wildman–Crippen MR) is 76.2 cm³/mol. The number of hydrogen-bond acceptors (Lipinski definition) is 1. The van der Waals surface area contributed by atoms with E-state index in [4.69, 9.17) is 4.43 Å². The third kappa shape index (κ3) is 2.37. The van der Waals surface area contributed by atoms with Crippen molar-refractivity contribution >= 4 is 8.32 Å². The second-order valence-electron chi connectivity index (χ2n) is 7.33. The third-order valence-electron chi connectivity index (χ3n) is 4.45. The fourth-order valence-corrected chi connectivity index (χ4v) is 4.19. The van der Waals surface area contributed by atoms with Crippen LogP contribution in [-0.4, -0.2) is 8.32 Å². The van der Waals surface area contributed by atoms with E-state index in [1.54, 1.807) is 0 Å². The second-order valence-corrected chi connectivity index (χ2v) is 11.8. The lowest BCUT2D eigenvalue weighted by atomic mass is 9.87. The second kappa shape index (κ2) is 3.74. The molecule has 0 aromatic rings. The number of hydrogen-bond donors (Lipinski definition) is 0. The molecule has 2 rings (SSSR count). The Balaban J connectivity index is 2.07. The van der Waals surface area contributed by atoms with E-state index in [0.717, 1.165) is 17.6 Å². The molecule has 0 bridgehead atoms. The van der Waals surface area contributed by atoms with Crippen molar-refractivity contribution in [1.82, 2.24) is 0 Å². The quantitative estimate of drug-likeness (QED) is 0.404. The zero-order valence-electron chi connectivity index (χ0n) is 12.1. The highest BCUT2D eigenvalue weighted by Gasteiger charge is 2.58. The van der Waals surface area contributed by atoms with Gasteiger partial charge in [0, 0.05) is 5.92 Å². The Labute approximate surface area is 107 Å². The summed E-state index contributed by atoms with van der Waals surface area (Å²) in [6.07, 6.45) is 3.71. The number of fused-ring (bicyclic) bond motifs is 1. The maximum atomic E-state index is 6.09. The lowest BCUT2D eigenvalue weighted by Gasteiger charge is -2.29. The summed E-state index contributed by atoms with van der Waals surface area (Å²) in [5.41, 5.74) is 1.98. The van der Waals surface area contributed by atoms with E-state index in [1.165, 1.54) is 12.0 Å². The first-order valence-electron chi connectivity index (χ1n) is 6.69. The molecule has 0 aromatic carbocycles. The summed E-state index contributed by atoms with van der Waals surface area (Å²) in [6, 6.07) is 0. The summed E-state index contributed by atoms with van der Waals surface area (Å²) < 4.78 is 6.09. The monoisotopic (exact) mass is 250 g/mol. The molecular formula is C15H26OSi. The number of allylic oxidation sites excluding steroid dienone is 2. The van der Waals surface area contributed by atoms with Crippen molar-refractivity contribution in [1.29, 1.82) is 0 Å². The van der Waals surface area contributed by atoms with Crippen LogP contribution in [0.25, 0.3) is 0 Å². The fourth-order valence-electron chi connectivity index (χ4n) is 3.26. The predicted octanol–water partition coefficient (Wildman–Crippen LogP) is 4.59. The largest absolute Gasteiger partial charge is 0.547 e. The van der Waals surface area contributed by atoms with Crippen molar-refractivity contribution in [3.8, 4) is 0 Å². The van der Waals surface area contributed by atoms with Crippen LogP contribution in [0.4, 0.5) is 0 Å². The van der Waals surface area contributed by atoms with E-state index >= 15 is 0 Å². The molecule has 0 heterocycles. The van der Waals surface area contributed by atoms with Crippen LogP contribution in [0.3, 0.4) is 0 Å². The van der Waals surface area contributed by atoms with E-state index in [9.17, 15) is 0 Å². The van der Waals surface area contributed by atoms with Crippen molar-refractivity contribution in [2.24, 2.45) is 23.2 Å². The molecule has 17 heavy (non-hydrogen) atoms. The Morgan fingerprint density at radius 1 is 1.41 bits per heavy atom.